The van der Waals surface area contributed by atoms with Crippen molar-refractivity contribution in [1.29, 1.82) is 0 Å². The predicted molar refractivity (Wildman–Crippen MR) is 76.4 cm³/mol. The highest BCUT2D eigenvalue weighted by atomic mass is 15.2. The normalized spacial score (nSPS) is 26.5. The molecule has 1 saturated heterocycles. The second kappa shape index (κ2) is 8.10. The lowest BCUT2D eigenvalue weighted by Crippen LogP contribution is -2.43. The van der Waals surface area contributed by atoms with Crippen LogP contribution in [0, 0.1) is 11.8 Å². The Balaban J connectivity index is 2.42. The Labute approximate surface area is 108 Å². The van der Waals surface area contributed by atoms with Gasteiger partial charge in [-0.05, 0) is 37.8 Å². The summed E-state index contributed by atoms with van der Waals surface area (Å²) in [6.07, 6.45) is 5.29. The smallest absolute Gasteiger partial charge is 0.0220 e. The maximum atomic E-state index is 3.73. The van der Waals surface area contributed by atoms with E-state index in [0.29, 0.717) is 6.04 Å². The molecule has 0 amide bonds. The molecular formula is C15H32N2. The average molecular weight is 240 g/mol. The van der Waals surface area contributed by atoms with E-state index in [2.05, 4.69) is 37.9 Å². The zero-order chi connectivity index (χ0) is 12.7. The van der Waals surface area contributed by atoms with Crippen LogP contribution >= 0.6 is 0 Å². The maximum Gasteiger partial charge on any atom is 0.0220 e. The Morgan fingerprint density at radius 2 is 2.06 bits per heavy atom. The Kier molecular flexibility index (Phi) is 7.14. The van der Waals surface area contributed by atoms with Crippen LogP contribution in [0.1, 0.15) is 53.4 Å². The summed E-state index contributed by atoms with van der Waals surface area (Å²) in [5, 5.41) is 3.73. The lowest BCUT2D eigenvalue weighted by Gasteiger charge is -2.29. The Morgan fingerprint density at radius 1 is 1.29 bits per heavy atom. The van der Waals surface area contributed by atoms with Gasteiger partial charge < -0.3 is 10.2 Å². The zero-order valence-electron chi connectivity index (χ0n) is 12.3. The fraction of sp³-hybridized carbons (Fsp3) is 1.00. The largest absolute Gasteiger partial charge is 0.312 e. The first-order valence-corrected chi connectivity index (χ1v) is 7.63. The highest BCUT2D eigenvalue weighted by Gasteiger charge is 2.22. The van der Waals surface area contributed by atoms with Gasteiger partial charge in [0.15, 0.2) is 0 Å². The van der Waals surface area contributed by atoms with E-state index in [1.54, 1.807) is 0 Å². The van der Waals surface area contributed by atoms with E-state index in [1.165, 1.54) is 51.9 Å². The van der Waals surface area contributed by atoms with Crippen LogP contribution in [0.25, 0.3) is 0 Å². The van der Waals surface area contributed by atoms with Gasteiger partial charge in [0.05, 0.1) is 0 Å². The molecule has 1 N–H and O–H groups in total. The molecule has 3 atom stereocenters. The molecule has 1 rings (SSSR count). The van der Waals surface area contributed by atoms with E-state index in [-0.39, 0.29) is 0 Å². The molecule has 0 aliphatic carbocycles. The minimum atomic E-state index is 0.705. The standard InChI is InChI=1S/C15H32N2/c1-5-8-13(3)11-17-10-7-9-16-15(12-17)14(4)6-2/h13-16H,5-12H2,1-4H3. The molecule has 3 unspecified atom stereocenters. The zero-order valence-corrected chi connectivity index (χ0v) is 12.3. The van der Waals surface area contributed by atoms with Gasteiger partial charge in [0.1, 0.15) is 0 Å². The molecule has 0 spiro atoms. The molecule has 1 aliphatic rings. The third-order valence-electron chi connectivity index (χ3n) is 4.19. The van der Waals surface area contributed by atoms with Crippen molar-refractivity contribution < 1.29 is 0 Å². The highest BCUT2D eigenvalue weighted by molar-refractivity contribution is 4.80. The molecule has 0 aromatic rings. The number of hydrogen-bond acceptors (Lipinski definition) is 2. The fourth-order valence-electron chi connectivity index (χ4n) is 2.88. The first-order chi connectivity index (χ1) is 8.17. The summed E-state index contributed by atoms with van der Waals surface area (Å²) in [4.78, 5) is 2.69. The summed E-state index contributed by atoms with van der Waals surface area (Å²) >= 11 is 0. The van der Waals surface area contributed by atoms with Crippen molar-refractivity contribution in [3.8, 4) is 0 Å². The van der Waals surface area contributed by atoms with Crippen molar-refractivity contribution >= 4 is 0 Å². The molecule has 1 fully saturated rings. The summed E-state index contributed by atoms with van der Waals surface area (Å²) in [7, 11) is 0. The minimum absolute atomic E-state index is 0.705. The summed E-state index contributed by atoms with van der Waals surface area (Å²) in [6.45, 7) is 14.4. The van der Waals surface area contributed by atoms with Crippen molar-refractivity contribution in [3.05, 3.63) is 0 Å². The van der Waals surface area contributed by atoms with E-state index in [9.17, 15) is 0 Å². The quantitative estimate of drug-likeness (QED) is 0.767. The van der Waals surface area contributed by atoms with Gasteiger partial charge in [-0.1, -0.05) is 40.5 Å². The summed E-state index contributed by atoms with van der Waals surface area (Å²) in [5.41, 5.74) is 0. The first kappa shape index (κ1) is 15.0. The third kappa shape index (κ3) is 5.39. The van der Waals surface area contributed by atoms with Crippen LogP contribution < -0.4 is 5.32 Å². The lowest BCUT2D eigenvalue weighted by atomic mass is 9.98. The lowest BCUT2D eigenvalue weighted by molar-refractivity contribution is 0.208. The van der Waals surface area contributed by atoms with Crippen LogP contribution in [0.3, 0.4) is 0 Å². The Morgan fingerprint density at radius 3 is 2.71 bits per heavy atom. The molecule has 0 aromatic carbocycles. The van der Waals surface area contributed by atoms with Crippen molar-refractivity contribution in [3.63, 3.8) is 0 Å². The highest BCUT2D eigenvalue weighted by Crippen LogP contribution is 2.15. The number of nitrogens with one attached hydrogen (secondary N) is 1. The molecule has 17 heavy (non-hydrogen) atoms. The van der Waals surface area contributed by atoms with Crippen LogP contribution in [0.15, 0.2) is 0 Å². The van der Waals surface area contributed by atoms with Crippen LogP contribution in [-0.4, -0.2) is 37.1 Å². The number of nitrogens with zero attached hydrogens (tertiary/aromatic N) is 1. The molecule has 1 aliphatic heterocycles. The monoisotopic (exact) mass is 240 g/mol. The van der Waals surface area contributed by atoms with Gasteiger partial charge in [0.25, 0.3) is 0 Å². The van der Waals surface area contributed by atoms with Crippen molar-refractivity contribution in [2.75, 3.05) is 26.2 Å². The second-order valence-electron chi connectivity index (χ2n) is 5.95. The van der Waals surface area contributed by atoms with Gasteiger partial charge >= 0.3 is 0 Å². The molecule has 1 heterocycles. The fourth-order valence-corrected chi connectivity index (χ4v) is 2.88. The molecule has 102 valence electrons. The van der Waals surface area contributed by atoms with Gasteiger partial charge in [-0.15, -0.1) is 0 Å². The second-order valence-corrected chi connectivity index (χ2v) is 5.95. The van der Waals surface area contributed by atoms with Crippen LogP contribution in [0.5, 0.6) is 0 Å². The molecule has 0 radical (unpaired) electrons. The third-order valence-corrected chi connectivity index (χ3v) is 4.19. The van der Waals surface area contributed by atoms with Crippen molar-refractivity contribution in [2.24, 2.45) is 11.8 Å². The molecule has 0 saturated carbocycles. The van der Waals surface area contributed by atoms with Gasteiger partial charge in [0, 0.05) is 19.1 Å². The molecule has 0 bridgehead atoms. The van der Waals surface area contributed by atoms with Gasteiger partial charge in [-0.25, -0.2) is 0 Å². The summed E-state index contributed by atoms with van der Waals surface area (Å²) in [5.74, 6) is 1.66. The van der Waals surface area contributed by atoms with E-state index >= 15 is 0 Å². The van der Waals surface area contributed by atoms with Crippen LogP contribution in [0.4, 0.5) is 0 Å². The van der Waals surface area contributed by atoms with Gasteiger partial charge in [0.2, 0.25) is 0 Å². The molecular weight excluding hydrogens is 208 g/mol. The summed E-state index contributed by atoms with van der Waals surface area (Å²) < 4.78 is 0. The van der Waals surface area contributed by atoms with Crippen molar-refractivity contribution in [1.82, 2.24) is 10.2 Å². The van der Waals surface area contributed by atoms with Crippen LogP contribution in [0.2, 0.25) is 0 Å². The molecule has 2 heteroatoms. The minimum Gasteiger partial charge on any atom is -0.312 e. The van der Waals surface area contributed by atoms with Crippen LogP contribution in [-0.2, 0) is 0 Å². The van der Waals surface area contributed by atoms with E-state index in [1.807, 2.05) is 0 Å². The van der Waals surface area contributed by atoms with Gasteiger partial charge in [-0.3, -0.25) is 0 Å². The summed E-state index contributed by atoms with van der Waals surface area (Å²) in [6, 6.07) is 0.705. The molecule has 0 aromatic heterocycles. The Bertz CT molecular complexity index is 193. The number of hydrogen-bond donors (Lipinski definition) is 1. The predicted octanol–water partition coefficient (Wildman–Crippen LogP) is 3.13. The van der Waals surface area contributed by atoms with E-state index < -0.39 is 0 Å². The van der Waals surface area contributed by atoms with E-state index in [0.717, 1.165) is 11.8 Å². The van der Waals surface area contributed by atoms with Crippen molar-refractivity contribution in [2.45, 2.75) is 59.4 Å². The SMILES string of the molecule is CCCC(C)CN1CCCNC(C(C)CC)C1. The van der Waals surface area contributed by atoms with Gasteiger partial charge in [-0.2, -0.15) is 0 Å². The topological polar surface area (TPSA) is 15.3 Å². The maximum absolute atomic E-state index is 3.73. The molecule has 2 nitrogen and oxygen atoms in total. The number of rotatable bonds is 6. The average Bonchev–Trinajstić information content (AvgIpc) is 2.54. The Hall–Kier alpha value is -0.0800. The van der Waals surface area contributed by atoms with E-state index in [4.69, 9.17) is 0 Å². The first-order valence-electron chi connectivity index (χ1n) is 7.63.